The Morgan fingerprint density at radius 2 is 1.76 bits per heavy atom. The summed E-state index contributed by atoms with van der Waals surface area (Å²) >= 11 is 0. The van der Waals surface area contributed by atoms with Crippen LogP contribution in [-0.2, 0) is 0 Å². The van der Waals surface area contributed by atoms with E-state index in [1.165, 1.54) is 16.1 Å². The number of para-hydroxylation sites is 2. The van der Waals surface area contributed by atoms with Crippen molar-refractivity contribution in [3.8, 4) is 0 Å². The quantitative estimate of drug-likeness (QED) is 0.681. The lowest BCUT2D eigenvalue weighted by Crippen LogP contribution is -2.19. The number of hydrogen-bond donors (Lipinski definition) is 0. The molecule has 3 aromatic rings. The van der Waals surface area contributed by atoms with Crippen LogP contribution < -0.4 is 10.6 Å². The number of hydrogen-bond acceptors (Lipinski definition) is 1. The molecule has 0 spiro atoms. The monoisotopic (exact) mass is 270 g/mol. The van der Waals surface area contributed by atoms with Crippen LogP contribution in [0, 0.1) is 0 Å². The molecule has 1 aromatic heterocycles. The fourth-order valence-electron chi connectivity index (χ4n) is 2.60. The van der Waals surface area contributed by atoms with Crippen molar-refractivity contribution in [3.05, 3.63) is 89.2 Å². The summed E-state index contributed by atoms with van der Waals surface area (Å²) in [5.41, 5.74) is 2.20. The predicted molar refractivity (Wildman–Crippen MR) is 87.0 cm³/mol. The van der Waals surface area contributed by atoms with Crippen LogP contribution in [0.2, 0.25) is 0 Å². The first-order valence-corrected chi connectivity index (χ1v) is 7.00. The van der Waals surface area contributed by atoms with Gasteiger partial charge in [-0.05, 0) is 41.8 Å². The van der Waals surface area contributed by atoms with E-state index >= 15 is 0 Å². The van der Waals surface area contributed by atoms with E-state index in [0.717, 1.165) is 11.1 Å². The van der Waals surface area contributed by atoms with Crippen LogP contribution in [0.25, 0.3) is 23.2 Å². The fraction of sp³-hybridized carbons (Fsp3) is 0. The first-order valence-electron chi connectivity index (χ1n) is 7.00. The molecule has 0 bridgehead atoms. The first kappa shape index (κ1) is 11.9. The van der Waals surface area contributed by atoms with Gasteiger partial charge in [-0.2, -0.15) is 0 Å². The Morgan fingerprint density at radius 1 is 0.905 bits per heavy atom. The average molecular weight is 270 g/mol. The van der Waals surface area contributed by atoms with Crippen LogP contribution in [0.5, 0.6) is 0 Å². The van der Waals surface area contributed by atoms with Gasteiger partial charge in [-0.1, -0.05) is 36.4 Å². The Balaban J connectivity index is 1.65. The van der Waals surface area contributed by atoms with Gasteiger partial charge >= 0.3 is 0 Å². The molecule has 2 aromatic carbocycles. The fourth-order valence-corrected chi connectivity index (χ4v) is 2.60. The number of rotatable bonds is 2. The molecule has 21 heavy (non-hydrogen) atoms. The molecule has 0 saturated heterocycles. The van der Waals surface area contributed by atoms with Crippen LogP contribution in [0.4, 0.5) is 0 Å². The Kier molecular flexibility index (Phi) is 2.79. The van der Waals surface area contributed by atoms with Crippen molar-refractivity contribution in [2.75, 3.05) is 0 Å². The minimum Gasteiger partial charge on any atom is -0.323 e. The van der Waals surface area contributed by atoms with Crippen molar-refractivity contribution < 1.29 is 0 Å². The molecule has 2 heterocycles. The van der Waals surface area contributed by atoms with Crippen molar-refractivity contribution in [1.82, 2.24) is 4.57 Å². The summed E-state index contributed by atoms with van der Waals surface area (Å²) in [6, 6.07) is 18.7. The van der Waals surface area contributed by atoms with Gasteiger partial charge in [-0.25, -0.2) is 4.99 Å². The zero-order chi connectivity index (χ0) is 14.1. The van der Waals surface area contributed by atoms with Crippen LogP contribution in [0.3, 0.4) is 0 Å². The number of fused-ring (bicyclic) bond motifs is 2. The van der Waals surface area contributed by atoms with Crippen LogP contribution >= 0.6 is 0 Å². The van der Waals surface area contributed by atoms with E-state index < -0.39 is 0 Å². The van der Waals surface area contributed by atoms with E-state index in [4.69, 9.17) is 0 Å². The Morgan fingerprint density at radius 3 is 2.71 bits per heavy atom. The van der Waals surface area contributed by atoms with Gasteiger partial charge in [0.05, 0.1) is 16.6 Å². The van der Waals surface area contributed by atoms with Crippen LogP contribution in [0.1, 0.15) is 0 Å². The number of aromatic nitrogens is 1. The van der Waals surface area contributed by atoms with Crippen LogP contribution in [-0.4, -0.2) is 4.57 Å². The third-order valence-electron chi connectivity index (χ3n) is 3.63. The summed E-state index contributed by atoms with van der Waals surface area (Å²) in [6.45, 7) is 0. The molecular weight excluding hydrogens is 256 g/mol. The standard InChI is InChI=1S/C19H14N2/c1-3-9-18-16(7-1)14-17(20-18)8-5-12-21-13-11-15-6-2-4-10-19(15)21/h1-14H. The molecule has 2 nitrogen and oxygen atoms in total. The van der Waals surface area contributed by atoms with E-state index in [1.54, 1.807) is 0 Å². The summed E-state index contributed by atoms with van der Waals surface area (Å²) in [7, 11) is 0. The molecule has 0 atom stereocenters. The third-order valence-corrected chi connectivity index (χ3v) is 3.63. The maximum atomic E-state index is 4.58. The van der Waals surface area contributed by atoms with E-state index in [9.17, 15) is 0 Å². The molecule has 0 N–H and O–H groups in total. The zero-order valence-electron chi connectivity index (χ0n) is 11.5. The van der Waals surface area contributed by atoms with E-state index in [-0.39, 0.29) is 0 Å². The maximum Gasteiger partial charge on any atom is 0.0710 e. The number of nitrogens with zero attached hydrogens (tertiary/aromatic N) is 2. The minimum atomic E-state index is 0.990. The normalized spacial score (nSPS) is 15.3. The molecule has 0 aliphatic carbocycles. The third kappa shape index (κ3) is 2.21. The highest BCUT2D eigenvalue weighted by molar-refractivity contribution is 5.81. The van der Waals surface area contributed by atoms with Crippen molar-refractivity contribution in [2.45, 2.75) is 0 Å². The summed E-state index contributed by atoms with van der Waals surface area (Å²) in [6.07, 6.45) is 10.3. The van der Waals surface area contributed by atoms with E-state index in [2.05, 4.69) is 64.4 Å². The molecule has 100 valence electrons. The zero-order valence-corrected chi connectivity index (χ0v) is 11.5. The Bertz CT molecular complexity index is 951. The highest BCUT2D eigenvalue weighted by atomic mass is 14.9. The van der Waals surface area contributed by atoms with Crippen molar-refractivity contribution in [1.29, 1.82) is 0 Å². The summed E-state index contributed by atoms with van der Waals surface area (Å²) in [4.78, 5) is 4.58. The average Bonchev–Trinajstić information content (AvgIpc) is 3.11. The lowest BCUT2D eigenvalue weighted by atomic mass is 10.2. The number of benzene rings is 2. The molecule has 2 heteroatoms. The SMILES string of the molecule is C(=Cn1ccc2ccccc21)C=C1C=c2ccccc2=N1. The summed E-state index contributed by atoms with van der Waals surface area (Å²) in [5, 5.41) is 3.48. The molecule has 1 aliphatic rings. The van der Waals surface area contributed by atoms with Gasteiger partial charge in [0.1, 0.15) is 0 Å². The summed E-state index contributed by atoms with van der Waals surface area (Å²) < 4.78 is 2.12. The molecule has 0 unspecified atom stereocenters. The molecule has 1 aliphatic heterocycles. The van der Waals surface area contributed by atoms with Gasteiger partial charge in [0.25, 0.3) is 0 Å². The molecular formula is C19H14N2. The first-order chi connectivity index (χ1) is 10.4. The van der Waals surface area contributed by atoms with Gasteiger partial charge in [-0.3, -0.25) is 0 Å². The molecule has 0 radical (unpaired) electrons. The van der Waals surface area contributed by atoms with E-state index in [1.807, 2.05) is 30.4 Å². The van der Waals surface area contributed by atoms with Crippen LogP contribution in [0.15, 0.2) is 83.6 Å². The lowest BCUT2D eigenvalue weighted by molar-refractivity contribution is 1.23. The number of allylic oxidation sites excluding steroid dienone is 3. The minimum absolute atomic E-state index is 0.990. The summed E-state index contributed by atoms with van der Waals surface area (Å²) in [5.74, 6) is 0. The van der Waals surface area contributed by atoms with Crippen molar-refractivity contribution in [2.24, 2.45) is 4.99 Å². The van der Waals surface area contributed by atoms with Gasteiger partial charge in [0, 0.05) is 17.6 Å². The molecule has 0 saturated carbocycles. The molecule has 0 fully saturated rings. The molecule has 0 amide bonds. The molecule has 4 rings (SSSR count). The van der Waals surface area contributed by atoms with Gasteiger partial charge < -0.3 is 4.57 Å². The predicted octanol–water partition coefficient (Wildman–Crippen LogP) is 3.11. The second kappa shape index (κ2) is 4.91. The van der Waals surface area contributed by atoms with Crippen molar-refractivity contribution >= 4 is 23.2 Å². The second-order valence-corrected chi connectivity index (χ2v) is 5.03. The van der Waals surface area contributed by atoms with Gasteiger partial charge in [-0.15, -0.1) is 0 Å². The second-order valence-electron chi connectivity index (χ2n) is 5.03. The maximum absolute atomic E-state index is 4.58. The Hall–Kier alpha value is -2.87. The van der Waals surface area contributed by atoms with Gasteiger partial charge in [0.15, 0.2) is 0 Å². The highest BCUT2D eigenvalue weighted by Gasteiger charge is 1.98. The largest absolute Gasteiger partial charge is 0.323 e. The smallest absolute Gasteiger partial charge is 0.0710 e. The van der Waals surface area contributed by atoms with Crippen molar-refractivity contribution in [3.63, 3.8) is 0 Å². The highest BCUT2D eigenvalue weighted by Crippen LogP contribution is 2.15. The lowest BCUT2D eigenvalue weighted by Gasteiger charge is -1.96. The Labute approximate surface area is 122 Å². The van der Waals surface area contributed by atoms with Gasteiger partial charge in [0.2, 0.25) is 0 Å². The topological polar surface area (TPSA) is 17.3 Å². The van der Waals surface area contributed by atoms with E-state index in [0.29, 0.717) is 0 Å².